The summed E-state index contributed by atoms with van der Waals surface area (Å²) in [5.41, 5.74) is 2.17. The van der Waals surface area contributed by atoms with Gasteiger partial charge in [-0.05, 0) is 34.7 Å². The third-order valence-electron chi connectivity index (χ3n) is 3.12. The van der Waals surface area contributed by atoms with Crippen LogP contribution in [0.4, 0.5) is 4.79 Å². The highest BCUT2D eigenvalue weighted by atomic mass is 32.1. The van der Waals surface area contributed by atoms with Crippen molar-refractivity contribution in [3.63, 3.8) is 0 Å². The molecule has 0 fully saturated rings. The highest BCUT2D eigenvalue weighted by Crippen LogP contribution is 2.27. The van der Waals surface area contributed by atoms with Crippen molar-refractivity contribution in [2.45, 2.75) is 13.0 Å². The van der Waals surface area contributed by atoms with Crippen LogP contribution in [0.2, 0.25) is 0 Å². The number of aliphatic carboxylic acids is 1. The van der Waals surface area contributed by atoms with Crippen molar-refractivity contribution in [3.8, 4) is 16.9 Å². The Morgan fingerprint density at radius 2 is 1.91 bits per heavy atom. The predicted octanol–water partition coefficient (Wildman–Crippen LogP) is 2.70. The molecule has 1 aromatic carbocycles. The Morgan fingerprint density at radius 1 is 1.17 bits per heavy atom. The molecule has 122 valence electrons. The first kappa shape index (κ1) is 16.8. The molecule has 0 saturated heterocycles. The zero-order valence-corrected chi connectivity index (χ0v) is 13.5. The Balaban J connectivity index is 1.84. The number of amides is 2. The van der Waals surface area contributed by atoms with Crippen LogP contribution in [0.3, 0.4) is 0 Å². The van der Waals surface area contributed by atoms with Crippen LogP contribution >= 0.6 is 11.3 Å². The molecule has 0 unspecified atom stereocenters. The van der Waals surface area contributed by atoms with E-state index < -0.39 is 5.97 Å². The second-order valence-electron chi connectivity index (χ2n) is 4.78. The number of hydrogen-bond donors (Lipinski definition) is 3. The molecule has 7 heteroatoms. The van der Waals surface area contributed by atoms with E-state index in [1.54, 1.807) is 18.4 Å². The van der Waals surface area contributed by atoms with E-state index in [1.807, 2.05) is 35.7 Å². The quantitative estimate of drug-likeness (QED) is 0.726. The molecule has 0 atom stereocenters. The van der Waals surface area contributed by atoms with Crippen LogP contribution in [0.5, 0.6) is 5.75 Å². The van der Waals surface area contributed by atoms with Gasteiger partial charge in [-0.1, -0.05) is 12.1 Å². The lowest BCUT2D eigenvalue weighted by molar-refractivity contribution is -0.136. The molecule has 23 heavy (non-hydrogen) atoms. The number of carbonyl (C=O) groups is 2. The molecular formula is C16H18N2O4S. The molecule has 0 saturated carbocycles. The maximum Gasteiger partial charge on any atom is 0.315 e. The third kappa shape index (κ3) is 5.30. The number of hydrogen-bond acceptors (Lipinski definition) is 4. The lowest BCUT2D eigenvalue weighted by Gasteiger charge is -2.05. The average Bonchev–Trinajstić information content (AvgIpc) is 3.01. The Bertz CT molecular complexity index is 667. The minimum atomic E-state index is -0.937. The SMILES string of the molecule is COc1ccc(-c2csc(CNC(=O)NCCC(=O)O)c2)cc1. The summed E-state index contributed by atoms with van der Waals surface area (Å²) < 4.78 is 5.13. The van der Waals surface area contributed by atoms with E-state index in [0.717, 1.165) is 21.8 Å². The number of urea groups is 1. The van der Waals surface area contributed by atoms with E-state index in [2.05, 4.69) is 10.6 Å². The van der Waals surface area contributed by atoms with Gasteiger partial charge in [0.15, 0.2) is 0 Å². The first-order chi connectivity index (χ1) is 11.1. The summed E-state index contributed by atoms with van der Waals surface area (Å²) in [6, 6.07) is 9.42. The molecule has 0 aliphatic rings. The summed E-state index contributed by atoms with van der Waals surface area (Å²) >= 11 is 1.56. The van der Waals surface area contributed by atoms with Gasteiger partial charge in [-0.25, -0.2) is 4.79 Å². The number of carboxylic acids is 1. The molecule has 0 aliphatic carbocycles. The maximum atomic E-state index is 11.5. The molecule has 2 aromatic rings. The van der Waals surface area contributed by atoms with E-state index in [1.165, 1.54) is 0 Å². The summed E-state index contributed by atoms with van der Waals surface area (Å²) in [5, 5.41) is 15.7. The highest BCUT2D eigenvalue weighted by Gasteiger charge is 2.06. The first-order valence-corrected chi connectivity index (χ1v) is 7.92. The summed E-state index contributed by atoms with van der Waals surface area (Å²) in [6.07, 6.45) is -0.0892. The standard InChI is InChI=1S/C16H18N2O4S/c1-22-13-4-2-11(3-5-13)12-8-14(23-10-12)9-18-16(21)17-7-6-15(19)20/h2-5,8,10H,6-7,9H2,1H3,(H,19,20)(H2,17,18,21). The molecule has 0 bridgehead atoms. The number of thiophene rings is 1. The molecule has 3 N–H and O–H groups in total. The molecule has 1 heterocycles. The lowest BCUT2D eigenvalue weighted by Crippen LogP contribution is -2.36. The van der Waals surface area contributed by atoms with Crippen molar-refractivity contribution >= 4 is 23.3 Å². The fourth-order valence-electron chi connectivity index (χ4n) is 1.92. The van der Waals surface area contributed by atoms with Crippen LogP contribution < -0.4 is 15.4 Å². The summed E-state index contributed by atoms with van der Waals surface area (Å²) in [5.74, 6) is -0.128. The number of carbonyl (C=O) groups excluding carboxylic acids is 1. The number of rotatable bonds is 7. The van der Waals surface area contributed by atoms with Gasteiger partial charge in [0.2, 0.25) is 0 Å². The average molecular weight is 334 g/mol. The zero-order valence-electron chi connectivity index (χ0n) is 12.7. The van der Waals surface area contributed by atoms with Gasteiger partial charge in [-0.15, -0.1) is 11.3 Å². The second kappa shape index (κ2) is 8.19. The predicted molar refractivity (Wildman–Crippen MR) is 88.8 cm³/mol. The van der Waals surface area contributed by atoms with Crippen molar-refractivity contribution in [1.82, 2.24) is 10.6 Å². The third-order valence-corrected chi connectivity index (χ3v) is 4.06. The van der Waals surface area contributed by atoms with E-state index in [-0.39, 0.29) is 19.0 Å². The summed E-state index contributed by atoms with van der Waals surface area (Å²) in [7, 11) is 1.63. The van der Waals surface area contributed by atoms with Crippen molar-refractivity contribution in [3.05, 3.63) is 40.6 Å². The van der Waals surface area contributed by atoms with E-state index >= 15 is 0 Å². The molecule has 0 spiro atoms. The van der Waals surface area contributed by atoms with Crippen LogP contribution in [-0.2, 0) is 11.3 Å². The number of nitrogens with one attached hydrogen (secondary N) is 2. The topological polar surface area (TPSA) is 87.7 Å². The number of benzene rings is 1. The van der Waals surface area contributed by atoms with E-state index in [9.17, 15) is 9.59 Å². The first-order valence-electron chi connectivity index (χ1n) is 7.04. The number of methoxy groups -OCH3 is 1. The Hall–Kier alpha value is -2.54. The lowest BCUT2D eigenvalue weighted by atomic mass is 10.1. The molecule has 6 nitrogen and oxygen atoms in total. The largest absolute Gasteiger partial charge is 0.497 e. The summed E-state index contributed by atoms with van der Waals surface area (Å²) in [4.78, 5) is 22.9. The summed E-state index contributed by atoms with van der Waals surface area (Å²) in [6.45, 7) is 0.516. The van der Waals surface area contributed by atoms with Gasteiger partial charge in [0.1, 0.15) is 5.75 Å². The van der Waals surface area contributed by atoms with Crippen LogP contribution in [-0.4, -0.2) is 30.8 Å². The van der Waals surface area contributed by atoms with Crippen LogP contribution in [0, 0.1) is 0 Å². The molecule has 2 amide bonds. The van der Waals surface area contributed by atoms with Crippen molar-refractivity contribution in [2.75, 3.05) is 13.7 Å². The minimum Gasteiger partial charge on any atom is -0.497 e. The minimum absolute atomic E-state index is 0.0892. The molecular weight excluding hydrogens is 316 g/mol. The van der Waals surface area contributed by atoms with Crippen LogP contribution in [0.15, 0.2) is 35.7 Å². The Morgan fingerprint density at radius 3 is 2.57 bits per heavy atom. The maximum absolute atomic E-state index is 11.5. The fraction of sp³-hybridized carbons (Fsp3) is 0.250. The van der Waals surface area contributed by atoms with Gasteiger partial charge >= 0.3 is 12.0 Å². The van der Waals surface area contributed by atoms with Gasteiger partial charge < -0.3 is 20.5 Å². The zero-order chi connectivity index (χ0) is 16.7. The van der Waals surface area contributed by atoms with Gasteiger partial charge in [-0.2, -0.15) is 0 Å². The Labute approximate surface area is 138 Å². The van der Waals surface area contributed by atoms with Crippen LogP contribution in [0.25, 0.3) is 11.1 Å². The van der Waals surface area contributed by atoms with Gasteiger partial charge in [0.05, 0.1) is 20.1 Å². The monoisotopic (exact) mass is 334 g/mol. The fourth-order valence-corrected chi connectivity index (χ4v) is 2.75. The van der Waals surface area contributed by atoms with Crippen molar-refractivity contribution < 1.29 is 19.4 Å². The Kier molecular flexibility index (Phi) is 5.99. The molecule has 0 aliphatic heterocycles. The second-order valence-corrected chi connectivity index (χ2v) is 5.78. The van der Waals surface area contributed by atoms with E-state index in [4.69, 9.17) is 9.84 Å². The molecule has 0 radical (unpaired) electrons. The molecule has 2 rings (SSSR count). The molecule has 1 aromatic heterocycles. The highest BCUT2D eigenvalue weighted by molar-refractivity contribution is 7.10. The van der Waals surface area contributed by atoms with Gasteiger partial charge in [0.25, 0.3) is 0 Å². The van der Waals surface area contributed by atoms with Gasteiger partial charge in [-0.3, -0.25) is 4.79 Å². The van der Waals surface area contributed by atoms with Gasteiger partial charge in [0, 0.05) is 11.4 Å². The van der Waals surface area contributed by atoms with Crippen molar-refractivity contribution in [2.24, 2.45) is 0 Å². The number of ether oxygens (including phenoxy) is 1. The smallest absolute Gasteiger partial charge is 0.315 e. The van der Waals surface area contributed by atoms with Crippen molar-refractivity contribution in [1.29, 1.82) is 0 Å². The van der Waals surface area contributed by atoms with E-state index in [0.29, 0.717) is 6.54 Å². The normalized spacial score (nSPS) is 10.1. The number of carboxylic acid groups (broad SMARTS) is 1. The van der Waals surface area contributed by atoms with Crippen LogP contribution in [0.1, 0.15) is 11.3 Å².